The van der Waals surface area contributed by atoms with Gasteiger partial charge in [-0.2, -0.15) is 4.98 Å². The van der Waals surface area contributed by atoms with E-state index in [1.807, 2.05) is 26.0 Å². The molecule has 0 saturated carbocycles. The van der Waals surface area contributed by atoms with E-state index in [9.17, 15) is 24.9 Å². The lowest BCUT2D eigenvalue weighted by Gasteiger charge is -2.25. The lowest BCUT2D eigenvalue weighted by Crippen LogP contribution is -2.43. The summed E-state index contributed by atoms with van der Waals surface area (Å²) in [5.74, 6) is -0.000290. The van der Waals surface area contributed by atoms with Crippen LogP contribution in [0.2, 0.25) is 0 Å². The normalized spacial score (nSPS) is 14.5. The van der Waals surface area contributed by atoms with E-state index in [-0.39, 0.29) is 24.6 Å². The molecule has 0 bridgehead atoms. The molecule has 0 unspecified atom stereocenters. The molecule has 2 heterocycles. The van der Waals surface area contributed by atoms with Crippen LogP contribution in [0.25, 0.3) is 22.6 Å². The van der Waals surface area contributed by atoms with Gasteiger partial charge in [0.15, 0.2) is 11.5 Å². The fraction of sp³-hybridized carbons (Fsp3) is 0.600. The van der Waals surface area contributed by atoms with Gasteiger partial charge in [0, 0.05) is 6.54 Å². The third kappa shape index (κ3) is 5.95. The minimum atomic E-state index is -1.64. The van der Waals surface area contributed by atoms with Gasteiger partial charge in [0.05, 0.1) is 24.2 Å². The maximum absolute atomic E-state index is 13.3. The molecule has 1 aromatic carbocycles. The Labute approximate surface area is 203 Å². The molecule has 3 atom stereocenters. The topological polar surface area (TPSA) is 151 Å². The number of benzene rings is 1. The summed E-state index contributed by atoms with van der Waals surface area (Å²) in [4.78, 5) is 34.8. The van der Waals surface area contributed by atoms with Gasteiger partial charge in [-0.1, -0.05) is 39.0 Å². The number of aryl methyl sites for hydroxylation is 2. The van der Waals surface area contributed by atoms with Gasteiger partial charge >= 0.3 is 5.69 Å². The minimum absolute atomic E-state index is 0.000290. The highest BCUT2D eigenvalue weighted by molar-refractivity contribution is 5.81. The number of fused-ring (bicyclic) bond motifs is 2. The Morgan fingerprint density at radius 1 is 0.886 bits per heavy atom. The van der Waals surface area contributed by atoms with Crippen molar-refractivity contribution in [2.45, 2.75) is 90.7 Å². The monoisotopic (exact) mass is 488 g/mol. The van der Waals surface area contributed by atoms with E-state index in [1.54, 1.807) is 0 Å². The van der Waals surface area contributed by atoms with Crippen LogP contribution >= 0.6 is 0 Å². The molecule has 2 aliphatic rings. The summed E-state index contributed by atoms with van der Waals surface area (Å²) < 4.78 is 2.58. The van der Waals surface area contributed by atoms with Crippen molar-refractivity contribution in [1.29, 1.82) is 0 Å². The summed E-state index contributed by atoms with van der Waals surface area (Å²) >= 11 is 0. The number of hydrogen-bond acceptors (Lipinski definition) is 8. The van der Waals surface area contributed by atoms with E-state index < -0.39 is 36.2 Å². The van der Waals surface area contributed by atoms with Crippen molar-refractivity contribution in [3.05, 3.63) is 44.1 Å². The molecule has 0 spiro atoms. The zero-order chi connectivity index (χ0) is 25.7. The lowest BCUT2D eigenvalue weighted by atomic mass is 10.1. The van der Waals surface area contributed by atoms with Crippen molar-refractivity contribution in [3.63, 3.8) is 0 Å². The van der Waals surface area contributed by atoms with Gasteiger partial charge in [-0.25, -0.2) is 9.78 Å². The van der Waals surface area contributed by atoms with Crippen LogP contribution in [0.1, 0.15) is 56.6 Å². The standard InChI is InChI=1S/C25H36N4O6/c1-4-5-6-7-8-9-10-28-24(34)21-23(27-25(28)35)29(13-19(31)22(33)20(32)14-30)18-12-16(3)15(2)11-17(18)26-21/h11-12,19-20,22,30-33H,4-10,13-14H2,1-3H3/t19-,20+,22-/m0/s1. The first-order valence-corrected chi connectivity index (χ1v) is 12.3. The molecule has 0 aliphatic carbocycles. The molecule has 3 rings (SSSR count). The quantitative estimate of drug-likeness (QED) is 0.219. The highest BCUT2D eigenvalue weighted by Crippen LogP contribution is 2.25. The number of aliphatic hydroxyl groups is 4. The van der Waals surface area contributed by atoms with Gasteiger partial charge in [-0.3, -0.25) is 9.36 Å². The zero-order valence-electron chi connectivity index (χ0n) is 20.6. The van der Waals surface area contributed by atoms with Crippen LogP contribution in [0.15, 0.2) is 21.7 Å². The molecule has 10 nitrogen and oxygen atoms in total. The third-order valence-corrected chi connectivity index (χ3v) is 6.54. The van der Waals surface area contributed by atoms with Crippen LogP contribution in [0.5, 0.6) is 0 Å². The van der Waals surface area contributed by atoms with Gasteiger partial charge in [0.2, 0.25) is 0 Å². The van der Waals surface area contributed by atoms with Gasteiger partial charge in [0.1, 0.15) is 18.3 Å². The Balaban J connectivity index is 2.08. The second-order valence-corrected chi connectivity index (χ2v) is 9.25. The minimum Gasteiger partial charge on any atom is -0.394 e. The molecule has 2 aliphatic heterocycles. The van der Waals surface area contributed by atoms with Crippen molar-refractivity contribution >= 4 is 11.0 Å². The molecule has 35 heavy (non-hydrogen) atoms. The summed E-state index contributed by atoms with van der Waals surface area (Å²) in [6.45, 7) is 5.20. The fourth-order valence-electron chi connectivity index (χ4n) is 4.22. The van der Waals surface area contributed by atoms with E-state index in [4.69, 9.17) is 5.11 Å². The van der Waals surface area contributed by atoms with Crippen LogP contribution in [0, 0.1) is 13.8 Å². The van der Waals surface area contributed by atoms with E-state index in [1.165, 1.54) is 4.57 Å². The fourth-order valence-corrected chi connectivity index (χ4v) is 4.22. The van der Waals surface area contributed by atoms with Crippen molar-refractivity contribution in [2.24, 2.45) is 0 Å². The van der Waals surface area contributed by atoms with E-state index >= 15 is 0 Å². The van der Waals surface area contributed by atoms with Crippen molar-refractivity contribution < 1.29 is 20.4 Å². The lowest BCUT2D eigenvalue weighted by molar-refractivity contribution is -0.0802. The van der Waals surface area contributed by atoms with Crippen molar-refractivity contribution in [1.82, 2.24) is 19.1 Å². The number of hydrogen-bond donors (Lipinski definition) is 4. The summed E-state index contributed by atoms with van der Waals surface area (Å²) in [7, 11) is 0. The second kappa shape index (κ2) is 11.9. The molecule has 0 aromatic heterocycles. The summed E-state index contributed by atoms with van der Waals surface area (Å²) in [5, 5.41) is 39.6. The molecule has 4 N–H and O–H groups in total. The van der Waals surface area contributed by atoms with Crippen LogP contribution in [0.3, 0.4) is 0 Å². The molecular formula is C25H36N4O6. The maximum atomic E-state index is 13.3. The van der Waals surface area contributed by atoms with E-state index in [2.05, 4.69) is 16.9 Å². The van der Waals surface area contributed by atoms with Crippen LogP contribution < -0.4 is 11.2 Å². The molecule has 0 saturated heterocycles. The average Bonchev–Trinajstić information content (AvgIpc) is 2.83. The van der Waals surface area contributed by atoms with Crippen molar-refractivity contribution in [3.8, 4) is 11.5 Å². The van der Waals surface area contributed by atoms with Gasteiger partial charge in [0.25, 0.3) is 5.56 Å². The molecule has 0 radical (unpaired) electrons. The summed E-state index contributed by atoms with van der Waals surface area (Å²) in [6, 6.07) is 3.63. The number of unbranched alkanes of at least 4 members (excludes halogenated alkanes) is 5. The smallest absolute Gasteiger partial charge is 0.352 e. The Morgan fingerprint density at radius 2 is 1.54 bits per heavy atom. The Bertz CT molecular complexity index is 1240. The van der Waals surface area contributed by atoms with Crippen LogP contribution in [-0.2, 0) is 13.1 Å². The largest absolute Gasteiger partial charge is 0.394 e. The Morgan fingerprint density at radius 3 is 2.23 bits per heavy atom. The Hall–Kier alpha value is -2.66. The van der Waals surface area contributed by atoms with E-state index in [0.717, 1.165) is 47.8 Å². The molecule has 192 valence electrons. The highest BCUT2D eigenvalue weighted by Gasteiger charge is 2.28. The first-order valence-electron chi connectivity index (χ1n) is 12.3. The molecule has 10 heteroatoms. The van der Waals surface area contributed by atoms with Gasteiger partial charge in [-0.05, 0) is 43.5 Å². The average molecular weight is 489 g/mol. The number of aliphatic hydroxyl groups excluding tert-OH is 4. The Kier molecular flexibility index (Phi) is 9.12. The highest BCUT2D eigenvalue weighted by atomic mass is 16.4. The molecule has 0 fully saturated rings. The van der Waals surface area contributed by atoms with Gasteiger partial charge in [-0.15, -0.1) is 0 Å². The molecule has 0 amide bonds. The third-order valence-electron chi connectivity index (χ3n) is 6.54. The van der Waals surface area contributed by atoms with Crippen LogP contribution in [0.4, 0.5) is 0 Å². The predicted molar refractivity (Wildman–Crippen MR) is 133 cm³/mol. The molecule has 1 aromatic rings. The maximum Gasteiger partial charge on any atom is 0.352 e. The summed E-state index contributed by atoms with van der Waals surface area (Å²) in [6.07, 6.45) is 1.37. The number of aromatic nitrogens is 4. The molecular weight excluding hydrogens is 452 g/mol. The zero-order valence-corrected chi connectivity index (χ0v) is 20.6. The summed E-state index contributed by atoms with van der Waals surface area (Å²) in [5.41, 5.74) is 1.63. The first-order chi connectivity index (χ1) is 16.7. The predicted octanol–water partition coefficient (Wildman–Crippen LogP) is 1.11. The second-order valence-electron chi connectivity index (χ2n) is 9.25. The number of nitrogens with zero attached hydrogens (tertiary/aromatic N) is 4. The van der Waals surface area contributed by atoms with Gasteiger partial charge < -0.3 is 25.0 Å². The first kappa shape index (κ1) is 26.9. The van der Waals surface area contributed by atoms with Crippen LogP contribution in [-0.4, -0.2) is 64.4 Å². The SMILES string of the molecule is CCCCCCCCn1c(=O)nc2n(C[C@H](O)[C@H](O)[C@H](O)CO)c3cc(C)c(C)cc3nc-2c1=O. The van der Waals surface area contributed by atoms with E-state index in [0.29, 0.717) is 17.5 Å². The van der Waals surface area contributed by atoms with Crippen molar-refractivity contribution in [2.75, 3.05) is 6.61 Å². The number of rotatable bonds is 12.